The molecule has 0 N–H and O–H groups in total. The van der Waals surface area contributed by atoms with Crippen LogP contribution in [0.15, 0.2) is 42.6 Å². The monoisotopic (exact) mass is 402 g/mol. The highest BCUT2D eigenvalue weighted by atomic mass is 16.1. The highest BCUT2D eigenvalue weighted by Crippen LogP contribution is 2.26. The van der Waals surface area contributed by atoms with Crippen LogP contribution in [0.1, 0.15) is 36.2 Å². The Balaban J connectivity index is 1.70. The SMILES string of the molecule is CCc1cc(N2CCN(C)CC2)ccc1/C=C(\C(C)=O)c1cc2cc(C)ccn2n1. The Morgan fingerprint density at radius 3 is 2.57 bits per heavy atom. The topological polar surface area (TPSA) is 40.9 Å². The number of hydrogen-bond donors (Lipinski definition) is 0. The van der Waals surface area contributed by atoms with Gasteiger partial charge in [-0.1, -0.05) is 13.0 Å². The van der Waals surface area contributed by atoms with Gasteiger partial charge in [0.05, 0.1) is 11.2 Å². The molecule has 3 aromatic rings. The number of nitrogens with zero attached hydrogens (tertiary/aromatic N) is 4. The van der Waals surface area contributed by atoms with Crippen molar-refractivity contribution >= 4 is 28.6 Å². The summed E-state index contributed by atoms with van der Waals surface area (Å²) in [7, 11) is 2.17. The van der Waals surface area contributed by atoms with E-state index in [1.54, 1.807) is 6.92 Å². The number of likely N-dealkylation sites (N-methyl/N-ethyl adjacent to an activating group) is 1. The largest absolute Gasteiger partial charge is 0.369 e. The molecule has 0 radical (unpaired) electrons. The summed E-state index contributed by atoms with van der Waals surface area (Å²) in [6.45, 7) is 10.1. The van der Waals surface area contributed by atoms with Crippen LogP contribution in [-0.2, 0) is 11.2 Å². The number of rotatable bonds is 5. The van der Waals surface area contributed by atoms with Crippen molar-refractivity contribution in [3.63, 3.8) is 0 Å². The van der Waals surface area contributed by atoms with Crippen LogP contribution in [0.4, 0.5) is 5.69 Å². The Morgan fingerprint density at radius 2 is 1.87 bits per heavy atom. The lowest BCUT2D eigenvalue weighted by atomic mass is 9.98. The first kappa shape index (κ1) is 20.4. The Morgan fingerprint density at radius 1 is 1.10 bits per heavy atom. The third-order valence-corrected chi connectivity index (χ3v) is 5.95. The van der Waals surface area contributed by atoms with Gasteiger partial charge in [-0.05, 0) is 80.4 Å². The predicted octanol–water partition coefficient (Wildman–Crippen LogP) is 4.09. The van der Waals surface area contributed by atoms with Gasteiger partial charge in [-0.25, -0.2) is 4.52 Å². The van der Waals surface area contributed by atoms with Gasteiger partial charge in [-0.15, -0.1) is 0 Å². The first-order valence-corrected chi connectivity index (χ1v) is 10.7. The van der Waals surface area contributed by atoms with Crippen molar-refractivity contribution in [2.24, 2.45) is 0 Å². The first-order chi connectivity index (χ1) is 14.4. The second kappa shape index (κ2) is 8.44. The minimum atomic E-state index is 0.0281. The second-order valence-corrected chi connectivity index (χ2v) is 8.24. The number of allylic oxidation sites excluding steroid dienone is 1. The molecular formula is C25H30N4O. The highest BCUT2D eigenvalue weighted by molar-refractivity contribution is 6.24. The van der Waals surface area contributed by atoms with Crippen LogP contribution in [-0.4, -0.2) is 53.5 Å². The number of carbonyl (C=O) groups is 1. The van der Waals surface area contributed by atoms with Gasteiger partial charge in [0.25, 0.3) is 0 Å². The van der Waals surface area contributed by atoms with E-state index < -0.39 is 0 Å². The second-order valence-electron chi connectivity index (χ2n) is 8.24. The van der Waals surface area contributed by atoms with Crippen molar-refractivity contribution in [1.29, 1.82) is 0 Å². The van der Waals surface area contributed by atoms with Crippen molar-refractivity contribution in [2.45, 2.75) is 27.2 Å². The van der Waals surface area contributed by atoms with Crippen LogP contribution in [0.2, 0.25) is 0 Å². The number of carbonyl (C=O) groups excluding carboxylic acids is 1. The normalized spacial score (nSPS) is 15.7. The summed E-state index contributed by atoms with van der Waals surface area (Å²) >= 11 is 0. The summed E-state index contributed by atoms with van der Waals surface area (Å²) in [4.78, 5) is 17.3. The van der Waals surface area contributed by atoms with Crippen LogP contribution >= 0.6 is 0 Å². The van der Waals surface area contributed by atoms with Gasteiger partial charge in [0.1, 0.15) is 0 Å². The molecule has 1 aliphatic heterocycles. The average molecular weight is 403 g/mol. The number of pyridine rings is 1. The van der Waals surface area contributed by atoms with Gasteiger partial charge in [-0.3, -0.25) is 4.79 Å². The van der Waals surface area contributed by atoms with E-state index in [2.05, 4.69) is 60.1 Å². The quantitative estimate of drug-likeness (QED) is 0.603. The van der Waals surface area contributed by atoms with Crippen LogP contribution in [0, 0.1) is 6.92 Å². The molecule has 1 aliphatic rings. The molecule has 0 amide bonds. The van der Waals surface area contributed by atoms with Crippen LogP contribution < -0.4 is 4.90 Å². The molecule has 2 aromatic heterocycles. The molecule has 1 saturated heterocycles. The minimum Gasteiger partial charge on any atom is -0.369 e. The number of hydrogen-bond acceptors (Lipinski definition) is 4. The summed E-state index contributed by atoms with van der Waals surface area (Å²) in [6.07, 6.45) is 4.86. The molecule has 5 heteroatoms. The molecule has 0 atom stereocenters. The molecule has 0 spiro atoms. The maximum atomic E-state index is 12.5. The predicted molar refractivity (Wildman–Crippen MR) is 124 cm³/mol. The molecule has 1 aromatic carbocycles. The van der Waals surface area contributed by atoms with Crippen molar-refractivity contribution in [2.75, 3.05) is 38.1 Å². The number of fused-ring (bicyclic) bond motifs is 1. The molecule has 1 fully saturated rings. The van der Waals surface area contributed by atoms with E-state index >= 15 is 0 Å². The van der Waals surface area contributed by atoms with Crippen molar-refractivity contribution in [3.8, 4) is 0 Å². The lowest BCUT2D eigenvalue weighted by Crippen LogP contribution is -2.44. The number of piperazine rings is 1. The maximum Gasteiger partial charge on any atom is 0.162 e. The zero-order valence-electron chi connectivity index (χ0n) is 18.4. The highest BCUT2D eigenvalue weighted by Gasteiger charge is 2.17. The molecule has 5 nitrogen and oxygen atoms in total. The number of ketones is 1. The number of benzene rings is 1. The Hall–Kier alpha value is -2.92. The molecule has 30 heavy (non-hydrogen) atoms. The van der Waals surface area contributed by atoms with E-state index in [4.69, 9.17) is 0 Å². The molecule has 156 valence electrons. The molecule has 0 saturated carbocycles. The van der Waals surface area contributed by atoms with Gasteiger partial charge >= 0.3 is 0 Å². The van der Waals surface area contributed by atoms with E-state index in [-0.39, 0.29) is 5.78 Å². The van der Waals surface area contributed by atoms with Crippen molar-refractivity contribution in [1.82, 2.24) is 14.5 Å². The average Bonchev–Trinajstić information content (AvgIpc) is 3.15. The van der Waals surface area contributed by atoms with E-state index in [0.29, 0.717) is 5.57 Å². The number of anilines is 1. The van der Waals surface area contributed by atoms with Gasteiger partial charge in [0.15, 0.2) is 5.78 Å². The van der Waals surface area contributed by atoms with E-state index in [0.717, 1.165) is 49.4 Å². The molecule has 0 bridgehead atoms. The minimum absolute atomic E-state index is 0.0281. The van der Waals surface area contributed by atoms with Crippen LogP contribution in [0.3, 0.4) is 0 Å². The van der Waals surface area contributed by atoms with Gasteiger partial charge in [0, 0.05) is 43.6 Å². The van der Waals surface area contributed by atoms with Crippen molar-refractivity contribution < 1.29 is 4.79 Å². The fourth-order valence-corrected chi connectivity index (χ4v) is 4.05. The Bertz CT molecular complexity index is 1100. The van der Waals surface area contributed by atoms with E-state index in [1.807, 2.05) is 28.9 Å². The van der Waals surface area contributed by atoms with E-state index in [9.17, 15) is 4.79 Å². The molecule has 0 aliphatic carbocycles. The smallest absolute Gasteiger partial charge is 0.162 e. The summed E-state index contributed by atoms with van der Waals surface area (Å²) in [5.41, 5.74) is 7.16. The fraction of sp³-hybridized carbons (Fsp3) is 0.360. The van der Waals surface area contributed by atoms with Crippen molar-refractivity contribution in [3.05, 3.63) is 65.0 Å². The third kappa shape index (κ3) is 4.17. The Labute approximate surface area is 178 Å². The molecular weight excluding hydrogens is 372 g/mol. The van der Waals surface area contributed by atoms with Gasteiger partial charge in [0.2, 0.25) is 0 Å². The zero-order chi connectivity index (χ0) is 21.3. The lowest BCUT2D eigenvalue weighted by Gasteiger charge is -2.34. The summed E-state index contributed by atoms with van der Waals surface area (Å²) < 4.78 is 1.83. The standard InChI is InChI=1S/C25H30N4O/c1-5-20-15-22(28-12-10-27(4)11-13-28)7-6-21(20)16-24(19(3)30)25-17-23-14-18(2)8-9-29(23)26-25/h6-9,14-17H,5,10-13H2,1-4H3/b24-16+. The van der Waals surface area contributed by atoms with Crippen LogP contribution in [0.5, 0.6) is 0 Å². The number of Topliss-reactive ketones (excluding diaryl/α,β-unsaturated/α-hetero) is 1. The van der Waals surface area contributed by atoms with E-state index in [1.165, 1.54) is 16.8 Å². The summed E-state index contributed by atoms with van der Waals surface area (Å²) in [5.74, 6) is 0.0281. The number of aryl methyl sites for hydroxylation is 2. The summed E-state index contributed by atoms with van der Waals surface area (Å²) in [5, 5.41) is 4.64. The van der Waals surface area contributed by atoms with Crippen LogP contribution in [0.25, 0.3) is 17.2 Å². The molecule has 4 rings (SSSR count). The maximum absolute atomic E-state index is 12.5. The van der Waals surface area contributed by atoms with Gasteiger partial charge in [-0.2, -0.15) is 5.10 Å². The fourth-order valence-electron chi connectivity index (χ4n) is 4.05. The number of aromatic nitrogens is 2. The third-order valence-electron chi connectivity index (χ3n) is 5.95. The van der Waals surface area contributed by atoms with Gasteiger partial charge < -0.3 is 9.80 Å². The lowest BCUT2D eigenvalue weighted by molar-refractivity contribution is -0.111. The Kier molecular flexibility index (Phi) is 5.73. The zero-order valence-corrected chi connectivity index (χ0v) is 18.4. The molecule has 3 heterocycles. The molecule has 0 unspecified atom stereocenters. The first-order valence-electron chi connectivity index (χ1n) is 10.7. The summed E-state index contributed by atoms with van der Waals surface area (Å²) in [6, 6.07) is 12.7.